The highest BCUT2D eigenvalue weighted by molar-refractivity contribution is 6.31. The summed E-state index contributed by atoms with van der Waals surface area (Å²) in [6.45, 7) is 1.37. The predicted octanol–water partition coefficient (Wildman–Crippen LogP) is 3.69. The lowest BCUT2D eigenvalue weighted by Crippen LogP contribution is -2.21. The minimum Gasteiger partial charge on any atom is -0.456 e. The topological polar surface area (TPSA) is 84.5 Å². The Morgan fingerprint density at radius 2 is 1.59 bits per heavy atom. The van der Waals surface area contributed by atoms with Crippen molar-refractivity contribution in [3.8, 4) is 0 Å². The molecule has 0 saturated heterocycles. The Morgan fingerprint density at radius 1 is 0.963 bits per heavy atom. The number of halogens is 2. The van der Waals surface area contributed by atoms with Crippen LogP contribution in [0.25, 0.3) is 0 Å². The van der Waals surface area contributed by atoms with E-state index in [1.54, 1.807) is 18.2 Å². The Bertz CT molecular complexity index is 840. The number of hydrogen-bond acceptors (Lipinski definition) is 4. The SMILES string of the molecule is Cc1ccc(NC(=O)COC(=O)CCC(=O)Nc2ccc(F)cc2)cc1Cl. The van der Waals surface area contributed by atoms with Gasteiger partial charge < -0.3 is 15.4 Å². The van der Waals surface area contributed by atoms with Crippen molar-refractivity contribution in [3.63, 3.8) is 0 Å². The monoisotopic (exact) mass is 392 g/mol. The fourth-order valence-electron chi connectivity index (χ4n) is 2.06. The molecule has 2 N–H and O–H groups in total. The van der Waals surface area contributed by atoms with Crippen LogP contribution in [0.15, 0.2) is 42.5 Å². The van der Waals surface area contributed by atoms with E-state index < -0.39 is 30.2 Å². The van der Waals surface area contributed by atoms with Crippen LogP contribution in [-0.4, -0.2) is 24.4 Å². The average Bonchev–Trinajstić information content (AvgIpc) is 2.63. The second-order valence-corrected chi connectivity index (χ2v) is 6.14. The van der Waals surface area contributed by atoms with E-state index in [1.165, 1.54) is 24.3 Å². The van der Waals surface area contributed by atoms with Crippen LogP contribution in [0, 0.1) is 12.7 Å². The number of aryl methyl sites for hydroxylation is 1. The van der Waals surface area contributed by atoms with E-state index in [0.717, 1.165) is 5.56 Å². The number of carbonyl (C=O) groups is 3. The third-order valence-corrected chi connectivity index (χ3v) is 3.91. The number of benzene rings is 2. The molecule has 0 spiro atoms. The van der Waals surface area contributed by atoms with Crippen molar-refractivity contribution in [1.82, 2.24) is 0 Å². The van der Waals surface area contributed by atoms with E-state index >= 15 is 0 Å². The largest absolute Gasteiger partial charge is 0.456 e. The van der Waals surface area contributed by atoms with Crippen LogP contribution in [0.2, 0.25) is 5.02 Å². The van der Waals surface area contributed by atoms with Gasteiger partial charge in [-0.05, 0) is 48.9 Å². The fourth-order valence-corrected chi connectivity index (χ4v) is 2.24. The smallest absolute Gasteiger partial charge is 0.306 e. The number of anilines is 2. The van der Waals surface area contributed by atoms with Crippen molar-refractivity contribution >= 4 is 40.8 Å². The molecular formula is C19H18ClFN2O4. The van der Waals surface area contributed by atoms with Gasteiger partial charge in [0, 0.05) is 22.8 Å². The molecule has 0 fully saturated rings. The Hall–Kier alpha value is -2.93. The lowest BCUT2D eigenvalue weighted by atomic mass is 10.2. The first-order valence-electron chi connectivity index (χ1n) is 8.10. The normalized spacial score (nSPS) is 10.2. The zero-order chi connectivity index (χ0) is 19.8. The van der Waals surface area contributed by atoms with Crippen LogP contribution >= 0.6 is 11.6 Å². The van der Waals surface area contributed by atoms with Crippen molar-refractivity contribution in [2.75, 3.05) is 17.2 Å². The maximum Gasteiger partial charge on any atom is 0.306 e. The first-order valence-corrected chi connectivity index (χ1v) is 8.48. The van der Waals surface area contributed by atoms with Gasteiger partial charge in [-0.2, -0.15) is 0 Å². The van der Waals surface area contributed by atoms with Crippen molar-refractivity contribution < 1.29 is 23.5 Å². The van der Waals surface area contributed by atoms with Gasteiger partial charge in [-0.1, -0.05) is 17.7 Å². The van der Waals surface area contributed by atoms with Crippen LogP contribution in [0.5, 0.6) is 0 Å². The van der Waals surface area contributed by atoms with E-state index in [9.17, 15) is 18.8 Å². The molecule has 0 aliphatic heterocycles. The molecular weight excluding hydrogens is 375 g/mol. The number of rotatable bonds is 7. The van der Waals surface area contributed by atoms with Gasteiger partial charge in [0.05, 0.1) is 6.42 Å². The minimum atomic E-state index is -0.679. The zero-order valence-electron chi connectivity index (χ0n) is 14.6. The molecule has 0 aromatic heterocycles. The van der Waals surface area contributed by atoms with E-state index in [2.05, 4.69) is 10.6 Å². The van der Waals surface area contributed by atoms with Gasteiger partial charge in [-0.15, -0.1) is 0 Å². The standard InChI is InChI=1S/C19H18ClFN2O4/c1-12-2-5-15(10-16(12)20)23-18(25)11-27-19(26)9-8-17(24)22-14-6-3-13(21)4-7-14/h2-7,10H,8-9,11H2,1H3,(H,22,24)(H,23,25). The summed E-state index contributed by atoms with van der Waals surface area (Å²) in [5, 5.41) is 5.59. The Morgan fingerprint density at radius 3 is 2.26 bits per heavy atom. The summed E-state index contributed by atoms with van der Waals surface area (Å²) in [5.41, 5.74) is 1.79. The molecule has 6 nitrogen and oxygen atoms in total. The molecule has 0 bridgehead atoms. The third kappa shape index (κ3) is 7.07. The van der Waals surface area contributed by atoms with Crippen molar-refractivity contribution in [2.24, 2.45) is 0 Å². The van der Waals surface area contributed by atoms with Crippen LogP contribution in [-0.2, 0) is 19.1 Å². The van der Waals surface area contributed by atoms with Crippen LogP contribution in [0.4, 0.5) is 15.8 Å². The van der Waals surface area contributed by atoms with Crippen molar-refractivity contribution in [1.29, 1.82) is 0 Å². The summed E-state index contributed by atoms with van der Waals surface area (Å²) in [6.07, 6.45) is -0.304. The van der Waals surface area contributed by atoms with E-state index in [1.807, 2.05) is 6.92 Å². The van der Waals surface area contributed by atoms with E-state index in [-0.39, 0.29) is 12.8 Å². The highest BCUT2D eigenvalue weighted by Crippen LogP contribution is 2.19. The summed E-state index contributed by atoms with van der Waals surface area (Å²) in [7, 11) is 0. The zero-order valence-corrected chi connectivity index (χ0v) is 15.3. The number of carbonyl (C=O) groups excluding carboxylic acids is 3. The Labute approximate surface area is 160 Å². The number of esters is 1. The fraction of sp³-hybridized carbons (Fsp3) is 0.211. The molecule has 142 valence electrons. The maximum atomic E-state index is 12.8. The van der Waals surface area contributed by atoms with Crippen molar-refractivity contribution in [3.05, 3.63) is 58.9 Å². The van der Waals surface area contributed by atoms with Gasteiger partial charge in [-0.25, -0.2) is 4.39 Å². The maximum absolute atomic E-state index is 12.8. The highest BCUT2D eigenvalue weighted by atomic mass is 35.5. The molecule has 0 heterocycles. The number of ether oxygens (including phenoxy) is 1. The second-order valence-electron chi connectivity index (χ2n) is 5.73. The Kier molecular flexibility index (Phi) is 7.31. The van der Waals surface area contributed by atoms with E-state index in [4.69, 9.17) is 16.3 Å². The number of amides is 2. The van der Waals surface area contributed by atoms with Crippen molar-refractivity contribution in [2.45, 2.75) is 19.8 Å². The molecule has 0 aliphatic carbocycles. The quantitative estimate of drug-likeness (QED) is 0.704. The highest BCUT2D eigenvalue weighted by Gasteiger charge is 2.11. The number of hydrogen-bond donors (Lipinski definition) is 2. The first kappa shape index (κ1) is 20.4. The molecule has 2 rings (SSSR count). The molecule has 0 atom stereocenters. The molecule has 2 amide bonds. The molecule has 0 aliphatic rings. The molecule has 0 unspecified atom stereocenters. The predicted molar refractivity (Wildman–Crippen MR) is 100 cm³/mol. The molecule has 27 heavy (non-hydrogen) atoms. The van der Waals surface area contributed by atoms with Crippen LogP contribution in [0.1, 0.15) is 18.4 Å². The van der Waals surface area contributed by atoms with Gasteiger partial charge >= 0.3 is 5.97 Å². The van der Waals surface area contributed by atoms with Gasteiger partial charge in [-0.3, -0.25) is 14.4 Å². The third-order valence-electron chi connectivity index (χ3n) is 3.50. The van der Waals surface area contributed by atoms with Gasteiger partial charge in [0.15, 0.2) is 6.61 Å². The van der Waals surface area contributed by atoms with E-state index in [0.29, 0.717) is 16.4 Å². The minimum absolute atomic E-state index is 0.120. The van der Waals surface area contributed by atoms with Crippen LogP contribution in [0.3, 0.4) is 0 Å². The summed E-state index contributed by atoms with van der Waals surface area (Å²) in [6, 6.07) is 10.3. The van der Waals surface area contributed by atoms with Gasteiger partial charge in [0.2, 0.25) is 5.91 Å². The lowest BCUT2D eigenvalue weighted by Gasteiger charge is -2.08. The summed E-state index contributed by atoms with van der Waals surface area (Å²) in [4.78, 5) is 35.2. The number of nitrogens with one attached hydrogen (secondary N) is 2. The lowest BCUT2D eigenvalue weighted by molar-refractivity contribution is -0.147. The van der Waals surface area contributed by atoms with Gasteiger partial charge in [0.1, 0.15) is 5.82 Å². The van der Waals surface area contributed by atoms with Gasteiger partial charge in [0.25, 0.3) is 5.91 Å². The Balaban J connectivity index is 1.69. The molecule has 2 aromatic carbocycles. The second kappa shape index (κ2) is 9.68. The first-order chi connectivity index (χ1) is 12.8. The molecule has 2 aromatic rings. The summed E-state index contributed by atoms with van der Waals surface area (Å²) < 4.78 is 17.6. The average molecular weight is 393 g/mol. The molecule has 0 radical (unpaired) electrons. The summed E-state index contributed by atoms with van der Waals surface area (Å²) >= 11 is 5.97. The molecule has 0 saturated carbocycles. The molecule has 8 heteroatoms. The summed E-state index contributed by atoms with van der Waals surface area (Å²) in [5.74, 6) is -2.03. The van der Waals surface area contributed by atoms with Crippen LogP contribution < -0.4 is 10.6 Å².